The van der Waals surface area contributed by atoms with Crippen molar-refractivity contribution >= 4 is 51.1 Å². The monoisotopic (exact) mass is 542 g/mol. The van der Waals surface area contributed by atoms with Crippen LogP contribution in [0.5, 0.6) is 0 Å². The number of rotatable bonds is 8. The van der Waals surface area contributed by atoms with Crippen molar-refractivity contribution in [1.29, 1.82) is 0 Å². The molecular weight excluding hydrogens is 507 g/mol. The Hall–Kier alpha value is -0.390. The molecule has 28 heavy (non-hydrogen) atoms. The van der Waals surface area contributed by atoms with Crippen molar-refractivity contribution in [3.8, 4) is 0 Å². The van der Waals surface area contributed by atoms with Crippen molar-refractivity contribution < 1.29 is 8.42 Å². The van der Waals surface area contributed by atoms with Gasteiger partial charge in [-0.1, -0.05) is 13.0 Å². The molecule has 2 rings (SSSR count). The second kappa shape index (κ2) is 12.3. The zero-order valence-electron chi connectivity index (χ0n) is 17.3. The van der Waals surface area contributed by atoms with Gasteiger partial charge in [0.15, 0.2) is 5.96 Å². The molecule has 0 aliphatic carbocycles. The van der Waals surface area contributed by atoms with Gasteiger partial charge in [-0.15, -0.1) is 35.3 Å². The van der Waals surface area contributed by atoms with Gasteiger partial charge in [0.2, 0.25) is 0 Å². The molecule has 1 saturated heterocycles. The van der Waals surface area contributed by atoms with E-state index in [-0.39, 0.29) is 35.8 Å². The number of guanidine groups is 1. The number of nitrogens with zero attached hydrogens (tertiary/aromatic N) is 2. The van der Waals surface area contributed by atoms with Gasteiger partial charge in [-0.25, -0.2) is 8.42 Å². The van der Waals surface area contributed by atoms with Gasteiger partial charge in [0, 0.05) is 30.8 Å². The van der Waals surface area contributed by atoms with E-state index < -0.39 is 9.84 Å². The first-order chi connectivity index (χ1) is 12.8. The minimum atomic E-state index is -2.94. The summed E-state index contributed by atoms with van der Waals surface area (Å²) >= 11 is 1.80. The van der Waals surface area contributed by atoms with E-state index >= 15 is 0 Å². The summed E-state index contributed by atoms with van der Waals surface area (Å²) in [6.07, 6.45) is 4.34. The summed E-state index contributed by atoms with van der Waals surface area (Å²) in [6, 6.07) is 4.70. The van der Waals surface area contributed by atoms with Crippen molar-refractivity contribution in [2.75, 3.05) is 38.7 Å². The van der Waals surface area contributed by atoms with E-state index in [1.807, 2.05) is 6.92 Å². The Kier molecular flexibility index (Phi) is 11.3. The van der Waals surface area contributed by atoms with Crippen LogP contribution in [0, 0.1) is 5.92 Å². The number of halogens is 1. The predicted molar refractivity (Wildman–Crippen MR) is 131 cm³/mol. The third-order valence-corrected chi connectivity index (χ3v) is 7.07. The van der Waals surface area contributed by atoms with Crippen LogP contribution in [0.15, 0.2) is 22.5 Å². The van der Waals surface area contributed by atoms with Crippen molar-refractivity contribution in [3.63, 3.8) is 0 Å². The van der Waals surface area contributed by atoms with E-state index in [0.29, 0.717) is 12.5 Å². The fraction of sp³-hybridized carbons (Fsp3) is 0.737. The molecule has 0 radical (unpaired) electrons. The molecule has 9 heteroatoms. The molecule has 6 nitrogen and oxygen atoms in total. The number of likely N-dealkylation sites (tertiary alicyclic amines) is 1. The lowest BCUT2D eigenvalue weighted by atomic mass is 9.97. The van der Waals surface area contributed by atoms with E-state index in [2.05, 4.69) is 45.0 Å². The smallest absolute Gasteiger partial charge is 0.191 e. The third kappa shape index (κ3) is 8.96. The first kappa shape index (κ1) is 25.6. The van der Waals surface area contributed by atoms with Crippen LogP contribution in [0.4, 0.5) is 0 Å². The van der Waals surface area contributed by atoms with Crippen LogP contribution >= 0.6 is 35.3 Å². The molecular formula is C19H35IN4O2S2. The second-order valence-electron chi connectivity index (χ2n) is 7.67. The lowest BCUT2D eigenvalue weighted by Gasteiger charge is -2.36. The molecule has 0 saturated carbocycles. The number of nitrogens with one attached hydrogen (secondary N) is 2. The summed E-state index contributed by atoms with van der Waals surface area (Å²) < 4.78 is 22.7. The van der Waals surface area contributed by atoms with Gasteiger partial charge in [-0.2, -0.15) is 0 Å². The Bertz CT molecular complexity index is 687. The van der Waals surface area contributed by atoms with Crippen LogP contribution < -0.4 is 10.6 Å². The Morgan fingerprint density at radius 2 is 2.07 bits per heavy atom. The summed E-state index contributed by atoms with van der Waals surface area (Å²) in [5, 5.41) is 8.89. The molecule has 2 N–H and O–H groups in total. The van der Waals surface area contributed by atoms with Crippen LogP contribution in [0.1, 0.15) is 44.0 Å². The van der Waals surface area contributed by atoms with Crippen molar-refractivity contribution in [3.05, 3.63) is 22.4 Å². The number of hydrogen-bond donors (Lipinski definition) is 2. The number of piperidine rings is 1. The maximum absolute atomic E-state index is 11.4. The Morgan fingerprint density at radius 3 is 2.61 bits per heavy atom. The zero-order chi connectivity index (χ0) is 19.9. The minimum Gasteiger partial charge on any atom is -0.354 e. The molecule has 0 amide bonds. The molecule has 0 bridgehead atoms. The minimum absolute atomic E-state index is 0. The van der Waals surface area contributed by atoms with Crippen LogP contribution in [-0.2, 0) is 9.84 Å². The lowest BCUT2D eigenvalue weighted by Crippen LogP contribution is -2.47. The molecule has 1 aromatic rings. The Morgan fingerprint density at radius 1 is 1.39 bits per heavy atom. The van der Waals surface area contributed by atoms with Gasteiger partial charge in [0.1, 0.15) is 9.84 Å². The normalized spacial score (nSPS) is 18.9. The first-order valence-corrected chi connectivity index (χ1v) is 12.6. The van der Waals surface area contributed by atoms with Crippen LogP contribution in [-0.4, -0.2) is 64.0 Å². The molecule has 2 heterocycles. The van der Waals surface area contributed by atoms with Gasteiger partial charge in [0.25, 0.3) is 0 Å². The maximum atomic E-state index is 11.4. The van der Waals surface area contributed by atoms with Crippen LogP contribution in [0.25, 0.3) is 0 Å². The Balaban J connectivity index is 0.00000392. The standard InChI is InChI=1S/C19H34N4O2S2.HI/c1-15-7-10-23(11-8-15)17(18-6-5-12-26-18)14-21-19(20-3)22-16(2)9-13-27(4,24)25;/h5-6,12,15-17H,7-11,13-14H2,1-4H3,(H2,20,21,22);1H. The van der Waals surface area contributed by atoms with Crippen molar-refractivity contribution in [2.24, 2.45) is 10.9 Å². The Labute approximate surface area is 191 Å². The van der Waals surface area contributed by atoms with E-state index in [1.54, 1.807) is 18.4 Å². The van der Waals surface area contributed by atoms with Gasteiger partial charge >= 0.3 is 0 Å². The molecule has 1 aromatic heterocycles. The maximum Gasteiger partial charge on any atom is 0.191 e. The molecule has 0 spiro atoms. The molecule has 2 unspecified atom stereocenters. The fourth-order valence-corrected chi connectivity index (χ4v) is 4.96. The summed E-state index contributed by atoms with van der Waals surface area (Å²) in [6.45, 7) is 7.36. The molecule has 162 valence electrons. The van der Waals surface area contributed by atoms with E-state index in [1.165, 1.54) is 24.0 Å². The predicted octanol–water partition coefficient (Wildman–Crippen LogP) is 3.13. The average molecular weight is 543 g/mol. The van der Waals surface area contributed by atoms with E-state index in [4.69, 9.17) is 0 Å². The average Bonchev–Trinajstić information content (AvgIpc) is 3.14. The highest BCUT2D eigenvalue weighted by Crippen LogP contribution is 2.29. The highest BCUT2D eigenvalue weighted by atomic mass is 127. The number of aliphatic imine (C=N–C) groups is 1. The van der Waals surface area contributed by atoms with E-state index in [9.17, 15) is 8.42 Å². The summed E-state index contributed by atoms with van der Waals surface area (Å²) in [5.74, 6) is 1.72. The SMILES string of the molecule is CN=C(NCC(c1cccs1)N1CCC(C)CC1)NC(C)CCS(C)(=O)=O.I. The van der Waals surface area contributed by atoms with Gasteiger partial charge in [-0.05, 0) is 56.6 Å². The zero-order valence-corrected chi connectivity index (χ0v) is 21.3. The highest BCUT2D eigenvalue weighted by Gasteiger charge is 2.25. The quantitative estimate of drug-likeness (QED) is 0.300. The first-order valence-electron chi connectivity index (χ1n) is 9.71. The van der Waals surface area contributed by atoms with Gasteiger partial charge in [0.05, 0.1) is 11.8 Å². The molecule has 1 aliphatic heterocycles. The van der Waals surface area contributed by atoms with Crippen LogP contribution in [0.2, 0.25) is 0 Å². The van der Waals surface area contributed by atoms with Gasteiger partial charge < -0.3 is 10.6 Å². The summed E-state index contributed by atoms with van der Waals surface area (Å²) in [4.78, 5) is 8.25. The highest BCUT2D eigenvalue weighted by molar-refractivity contribution is 14.0. The van der Waals surface area contributed by atoms with Crippen LogP contribution in [0.3, 0.4) is 0 Å². The topological polar surface area (TPSA) is 73.8 Å². The van der Waals surface area contributed by atoms with Gasteiger partial charge in [-0.3, -0.25) is 9.89 Å². The number of thiophene rings is 1. The van der Waals surface area contributed by atoms with Crippen molar-refractivity contribution in [1.82, 2.24) is 15.5 Å². The largest absolute Gasteiger partial charge is 0.354 e. The molecule has 1 fully saturated rings. The summed E-state index contributed by atoms with van der Waals surface area (Å²) in [7, 11) is -1.19. The van der Waals surface area contributed by atoms with Crippen molar-refractivity contribution in [2.45, 2.75) is 45.2 Å². The fourth-order valence-electron chi connectivity index (χ4n) is 3.32. The third-order valence-electron chi connectivity index (χ3n) is 5.12. The molecule has 2 atom stereocenters. The molecule has 0 aromatic carbocycles. The lowest BCUT2D eigenvalue weighted by molar-refractivity contribution is 0.140. The second-order valence-corrected chi connectivity index (χ2v) is 10.9. The number of sulfone groups is 1. The number of hydrogen-bond acceptors (Lipinski definition) is 5. The summed E-state index contributed by atoms with van der Waals surface area (Å²) in [5.41, 5.74) is 0. The van der Waals surface area contributed by atoms with E-state index in [0.717, 1.165) is 31.5 Å². The molecule has 1 aliphatic rings.